The third kappa shape index (κ3) is 5.09. The summed E-state index contributed by atoms with van der Waals surface area (Å²) in [7, 11) is 0. The number of rotatable bonds is 7. The van der Waals surface area contributed by atoms with E-state index in [4.69, 9.17) is 4.74 Å². The summed E-state index contributed by atoms with van der Waals surface area (Å²) in [5.74, 6) is 0.976. The van der Waals surface area contributed by atoms with Crippen LogP contribution in [0.15, 0.2) is 48.7 Å². The van der Waals surface area contributed by atoms with Gasteiger partial charge in [0.1, 0.15) is 6.61 Å². The number of carbonyl (C=O) groups is 1. The largest absolute Gasteiger partial charge is 0.485 e. The first-order chi connectivity index (χ1) is 10.8. The van der Waals surface area contributed by atoms with Gasteiger partial charge in [0.15, 0.2) is 11.6 Å². The van der Waals surface area contributed by atoms with Crippen LogP contribution in [0.5, 0.6) is 5.75 Å². The molecule has 5 nitrogen and oxygen atoms in total. The summed E-state index contributed by atoms with van der Waals surface area (Å²) in [6, 6.07) is 13.2. The van der Waals surface area contributed by atoms with E-state index in [-0.39, 0.29) is 6.03 Å². The number of hydrogen-bond donors (Lipinski definition) is 2. The lowest BCUT2D eigenvalue weighted by Crippen LogP contribution is -2.30. The third-order valence-electron chi connectivity index (χ3n) is 3.06. The van der Waals surface area contributed by atoms with Gasteiger partial charge >= 0.3 is 6.03 Å². The Morgan fingerprint density at radius 2 is 2.00 bits per heavy atom. The molecule has 1 aromatic heterocycles. The van der Waals surface area contributed by atoms with Crippen molar-refractivity contribution in [2.24, 2.45) is 0 Å². The minimum atomic E-state index is -0.267. The van der Waals surface area contributed by atoms with Gasteiger partial charge in [-0.05, 0) is 24.1 Å². The Labute approximate surface area is 130 Å². The topological polar surface area (TPSA) is 63.2 Å². The number of aromatic nitrogens is 1. The fourth-order valence-electron chi connectivity index (χ4n) is 1.87. The van der Waals surface area contributed by atoms with Gasteiger partial charge in [-0.3, -0.25) is 5.32 Å². The predicted octanol–water partition coefficient (Wildman–Crippen LogP) is 3.58. The first-order valence-electron chi connectivity index (χ1n) is 7.46. The van der Waals surface area contributed by atoms with Gasteiger partial charge in [-0.25, -0.2) is 9.78 Å². The zero-order valence-corrected chi connectivity index (χ0v) is 12.7. The summed E-state index contributed by atoms with van der Waals surface area (Å²) >= 11 is 0. The zero-order valence-electron chi connectivity index (χ0n) is 12.7. The molecule has 2 amide bonds. The van der Waals surface area contributed by atoms with Crippen molar-refractivity contribution in [2.45, 2.75) is 26.4 Å². The predicted molar refractivity (Wildman–Crippen MR) is 86.9 cm³/mol. The van der Waals surface area contributed by atoms with E-state index in [0.29, 0.717) is 24.7 Å². The number of carbonyl (C=O) groups excluding carboxylic acids is 1. The second-order valence-electron chi connectivity index (χ2n) is 4.86. The van der Waals surface area contributed by atoms with Crippen LogP contribution in [0.1, 0.15) is 25.3 Å². The third-order valence-corrected chi connectivity index (χ3v) is 3.06. The molecule has 0 bridgehead atoms. The fourth-order valence-corrected chi connectivity index (χ4v) is 1.87. The molecule has 0 fully saturated rings. The molecule has 0 aliphatic rings. The van der Waals surface area contributed by atoms with Crippen LogP contribution in [0.3, 0.4) is 0 Å². The minimum Gasteiger partial charge on any atom is -0.485 e. The lowest BCUT2D eigenvalue weighted by Gasteiger charge is -2.12. The first-order valence-corrected chi connectivity index (χ1v) is 7.46. The lowest BCUT2D eigenvalue weighted by atomic mass is 10.2. The second-order valence-corrected chi connectivity index (χ2v) is 4.86. The van der Waals surface area contributed by atoms with Crippen molar-refractivity contribution >= 4 is 11.8 Å². The highest BCUT2D eigenvalue weighted by molar-refractivity contribution is 5.89. The Balaban J connectivity index is 1.93. The Hall–Kier alpha value is -2.56. The lowest BCUT2D eigenvalue weighted by molar-refractivity contribution is 0.251. The van der Waals surface area contributed by atoms with Crippen molar-refractivity contribution in [2.75, 3.05) is 11.9 Å². The molecule has 0 atom stereocenters. The number of ether oxygens (including phenoxy) is 1. The number of benzene rings is 1. The maximum absolute atomic E-state index is 11.8. The summed E-state index contributed by atoms with van der Waals surface area (Å²) in [5.41, 5.74) is 1.06. The molecule has 0 spiro atoms. The maximum Gasteiger partial charge on any atom is 0.320 e. The summed E-state index contributed by atoms with van der Waals surface area (Å²) in [6.45, 7) is 3.15. The van der Waals surface area contributed by atoms with Crippen molar-refractivity contribution in [3.63, 3.8) is 0 Å². The summed E-state index contributed by atoms with van der Waals surface area (Å²) in [4.78, 5) is 16.0. The molecule has 1 aromatic carbocycles. The molecule has 5 heteroatoms. The van der Waals surface area contributed by atoms with E-state index in [1.165, 1.54) is 0 Å². The van der Waals surface area contributed by atoms with E-state index in [1.54, 1.807) is 18.3 Å². The number of anilines is 1. The Bertz CT molecular complexity index is 587. The van der Waals surface area contributed by atoms with Gasteiger partial charge < -0.3 is 10.1 Å². The molecule has 0 aliphatic carbocycles. The van der Waals surface area contributed by atoms with E-state index in [2.05, 4.69) is 22.5 Å². The molecule has 0 saturated heterocycles. The molecule has 0 aliphatic heterocycles. The quantitative estimate of drug-likeness (QED) is 0.768. The van der Waals surface area contributed by atoms with Crippen LogP contribution in [0.2, 0.25) is 0 Å². The van der Waals surface area contributed by atoms with E-state index in [1.807, 2.05) is 30.3 Å². The summed E-state index contributed by atoms with van der Waals surface area (Å²) in [6.07, 6.45) is 3.61. The monoisotopic (exact) mass is 299 g/mol. The molecule has 0 saturated carbocycles. The van der Waals surface area contributed by atoms with E-state index < -0.39 is 0 Å². The standard InChI is InChI=1S/C17H21N3O2/c1-2-3-11-19-17(21)20-16-15(10-7-12-18-16)22-13-14-8-5-4-6-9-14/h4-10,12H,2-3,11,13H2,1H3,(H2,18,19,20,21). The highest BCUT2D eigenvalue weighted by atomic mass is 16.5. The van der Waals surface area contributed by atoms with Crippen molar-refractivity contribution in [3.8, 4) is 5.75 Å². The normalized spacial score (nSPS) is 10.0. The van der Waals surface area contributed by atoms with E-state index in [9.17, 15) is 4.79 Å². The second kappa shape index (κ2) is 8.67. The average Bonchev–Trinajstić information content (AvgIpc) is 2.55. The van der Waals surface area contributed by atoms with Crippen molar-refractivity contribution in [1.29, 1.82) is 0 Å². The molecular formula is C17H21N3O2. The van der Waals surface area contributed by atoms with E-state index >= 15 is 0 Å². The molecular weight excluding hydrogens is 278 g/mol. The number of amides is 2. The Kier molecular flexibility index (Phi) is 6.23. The Morgan fingerprint density at radius 1 is 1.18 bits per heavy atom. The SMILES string of the molecule is CCCCNC(=O)Nc1ncccc1OCc1ccccc1. The number of hydrogen-bond acceptors (Lipinski definition) is 3. The zero-order chi connectivity index (χ0) is 15.6. The number of nitrogens with one attached hydrogen (secondary N) is 2. The van der Waals surface area contributed by atoms with Crippen LogP contribution in [0, 0.1) is 0 Å². The molecule has 2 rings (SSSR count). The average molecular weight is 299 g/mol. The first kappa shape index (κ1) is 15.8. The Morgan fingerprint density at radius 3 is 2.77 bits per heavy atom. The van der Waals surface area contributed by atoms with Gasteiger partial charge in [0.25, 0.3) is 0 Å². The number of nitrogens with zero attached hydrogens (tertiary/aromatic N) is 1. The smallest absolute Gasteiger partial charge is 0.320 e. The molecule has 2 aromatic rings. The summed E-state index contributed by atoms with van der Waals surface area (Å²) in [5, 5.41) is 5.51. The molecule has 0 radical (unpaired) electrons. The van der Waals surface area contributed by atoms with Crippen LogP contribution in [-0.2, 0) is 6.61 Å². The highest BCUT2D eigenvalue weighted by Crippen LogP contribution is 2.21. The van der Waals surface area contributed by atoms with Crippen molar-refractivity contribution in [1.82, 2.24) is 10.3 Å². The van der Waals surface area contributed by atoms with Crippen molar-refractivity contribution < 1.29 is 9.53 Å². The van der Waals surface area contributed by atoms with Crippen LogP contribution in [-0.4, -0.2) is 17.6 Å². The molecule has 1 heterocycles. The van der Waals surface area contributed by atoms with Crippen LogP contribution < -0.4 is 15.4 Å². The highest BCUT2D eigenvalue weighted by Gasteiger charge is 2.08. The summed E-state index contributed by atoms with van der Waals surface area (Å²) < 4.78 is 5.74. The molecule has 22 heavy (non-hydrogen) atoms. The molecule has 116 valence electrons. The van der Waals surface area contributed by atoms with Crippen LogP contribution >= 0.6 is 0 Å². The number of urea groups is 1. The van der Waals surface area contributed by atoms with Gasteiger partial charge in [0.05, 0.1) is 0 Å². The van der Waals surface area contributed by atoms with Crippen LogP contribution in [0.25, 0.3) is 0 Å². The maximum atomic E-state index is 11.8. The van der Waals surface area contributed by atoms with Gasteiger partial charge in [0.2, 0.25) is 0 Å². The van der Waals surface area contributed by atoms with Gasteiger partial charge in [-0.1, -0.05) is 43.7 Å². The van der Waals surface area contributed by atoms with Gasteiger partial charge in [-0.15, -0.1) is 0 Å². The number of pyridine rings is 1. The van der Waals surface area contributed by atoms with Crippen LogP contribution in [0.4, 0.5) is 10.6 Å². The van der Waals surface area contributed by atoms with Crippen molar-refractivity contribution in [3.05, 3.63) is 54.2 Å². The van der Waals surface area contributed by atoms with Gasteiger partial charge in [-0.2, -0.15) is 0 Å². The van der Waals surface area contributed by atoms with E-state index in [0.717, 1.165) is 18.4 Å². The van der Waals surface area contributed by atoms with Gasteiger partial charge in [0, 0.05) is 12.7 Å². The number of unbranched alkanes of at least 4 members (excludes halogenated alkanes) is 1. The minimum absolute atomic E-state index is 0.267. The fraction of sp³-hybridized carbons (Fsp3) is 0.294. The molecule has 0 unspecified atom stereocenters. The molecule has 2 N–H and O–H groups in total.